The molecule has 0 aliphatic heterocycles. The molecular weight excluding hydrogens is 482 g/mol. The van der Waals surface area contributed by atoms with Gasteiger partial charge in [-0.2, -0.15) is 13.5 Å². The average Bonchev–Trinajstić information content (AvgIpc) is 3.34. The maximum Gasteiger partial charge on any atom is 0.294 e. The van der Waals surface area contributed by atoms with Crippen molar-refractivity contribution >= 4 is 67.8 Å². The van der Waals surface area contributed by atoms with Crippen LogP contribution in [0.3, 0.4) is 0 Å². The maximum absolute atomic E-state index is 12.5. The summed E-state index contributed by atoms with van der Waals surface area (Å²) in [5.41, 5.74) is 2.80. The molecule has 1 aliphatic carbocycles. The summed E-state index contributed by atoms with van der Waals surface area (Å²) in [7, 11) is -3.82. The zero-order valence-corrected chi connectivity index (χ0v) is 20.1. The minimum Gasteiger partial charge on any atom is -0.359 e. The number of halogens is 1. The fourth-order valence-electron chi connectivity index (χ4n) is 3.02. The van der Waals surface area contributed by atoms with Gasteiger partial charge in [-0.1, -0.05) is 54.3 Å². The zero-order valence-electron chi connectivity index (χ0n) is 16.1. The Bertz CT molecular complexity index is 1080. The minimum atomic E-state index is -3.82. The van der Waals surface area contributed by atoms with Gasteiger partial charge in [0.1, 0.15) is 9.36 Å². The number of hydrogen-bond acceptors (Lipinski definition) is 6. The topological polar surface area (TPSA) is 87.8 Å². The van der Waals surface area contributed by atoms with Crippen LogP contribution in [0.2, 0.25) is 5.15 Å². The van der Waals surface area contributed by atoms with E-state index in [4.69, 9.17) is 23.8 Å². The monoisotopic (exact) mass is 503 g/mol. The summed E-state index contributed by atoms with van der Waals surface area (Å²) in [5, 5.41) is 9.89. The molecule has 3 rings (SSSR count). The SMILES string of the molecule is C=CCn1c(Cl)c(C=NNC(=S)NC2CCCCC2)sc1=NS(=O)(=O)c1cccs1. The summed E-state index contributed by atoms with van der Waals surface area (Å²) in [6, 6.07) is 3.56. The van der Waals surface area contributed by atoms with Gasteiger partial charge in [-0.05, 0) is 36.5 Å². The third kappa shape index (κ3) is 6.01. The highest BCUT2D eigenvalue weighted by Crippen LogP contribution is 2.21. The predicted octanol–water partition coefficient (Wildman–Crippen LogP) is 3.87. The smallest absolute Gasteiger partial charge is 0.294 e. The number of allylic oxidation sites excluding steroid dienone is 1. The molecule has 2 aromatic rings. The zero-order chi connectivity index (χ0) is 21.6. The molecule has 2 aromatic heterocycles. The lowest BCUT2D eigenvalue weighted by Gasteiger charge is -2.23. The van der Waals surface area contributed by atoms with Crippen molar-refractivity contribution < 1.29 is 8.42 Å². The number of aromatic nitrogens is 1. The number of thiophene rings is 1. The Hall–Kier alpha value is -1.53. The van der Waals surface area contributed by atoms with Crippen LogP contribution in [0.25, 0.3) is 0 Å². The van der Waals surface area contributed by atoms with E-state index >= 15 is 0 Å². The molecule has 0 saturated heterocycles. The van der Waals surface area contributed by atoms with Crippen LogP contribution in [0.1, 0.15) is 37.0 Å². The molecule has 2 N–H and O–H groups in total. The molecule has 0 unspecified atom stereocenters. The van der Waals surface area contributed by atoms with Crippen LogP contribution in [-0.4, -0.2) is 30.4 Å². The van der Waals surface area contributed by atoms with E-state index in [2.05, 4.69) is 26.8 Å². The Labute approximate surface area is 194 Å². The van der Waals surface area contributed by atoms with E-state index in [0.717, 1.165) is 35.5 Å². The lowest BCUT2D eigenvalue weighted by molar-refractivity contribution is 0.412. The number of nitrogens with zero attached hydrogens (tertiary/aromatic N) is 3. The number of nitrogens with one attached hydrogen (secondary N) is 2. The van der Waals surface area contributed by atoms with Crippen molar-refractivity contribution in [2.75, 3.05) is 0 Å². The van der Waals surface area contributed by atoms with Gasteiger partial charge in [0, 0.05) is 12.6 Å². The molecule has 0 amide bonds. The van der Waals surface area contributed by atoms with E-state index in [1.54, 1.807) is 22.1 Å². The number of hydrogen-bond donors (Lipinski definition) is 2. The molecule has 7 nitrogen and oxygen atoms in total. The van der Waals surface area contributed by atoms with E-state index < -0.39 is 10.0 Å². The second kappa shape index (κ2) is 10.7. The molecule has 2 heterocycles. The van der Waals surface area contributed by atoms with Crippen LogP contribution < -0.4 is 15.5 Å². The highest BCUT2D eigenvalue weighted by molar-refractivity contribution is 7.92. The van der Waals surface area contributed by atoms with Crippen LogP contribution in [-0.2, 0) is 16.6 Å². The van der Waals surface area contributed by atoms with E-state index in [9.17, 15) is 8.42 Å². The van der Waals surface area contributed by atoms with Gasteiger partial charge in [0.2, 0.25) is 4.80 Å². The van der Waals surface area contributed by atoms with Gasteiger partial charge in [-0.25, -0.2) is 0 Å². The van der Waals surface area contributed by atoms with Gasteiger partial charge in [-0.15, -0.1) is 22.3 Å². The van der Waals surface area contributed by atoms with Crippen molar-refractivity contribution in [3.05, 3.63) is 45.0 Å². The lowest BCUT2D eigenvalue weighted by atomic mass is 9.96. The van der Waals surface area contributed by atoms with Gasteiger partial charge in [-0.3, -0.25) is 5.43 Å². The predicted molar refractivity (Wildman–Crippen MR) is 128 cm³/mol. The Morgan fingerprint density at radius 1 is 1.40 bits per heavy atom. The first-order valence-electron chi connectivity index (χ1n) is 9.35. The molecular formula is C18H22ClN5O2S4. The summed E-state index contributed by atoms with van der Waals surface area (Å²) in [5.74, 6) is 0. The summed E-state index contributed by atoms with van der Waals surface area (Å²) in [6.07, 6.45) is 9.03. The van der Waals surface area contributed by atoms with E-state index in [1.165, 1.54) is 31.5 Å². The van der Waals surface area contributed by atoms with Gasteiger partial charge in [0.05, 0.1) is 11.1 Å². The van der Waals surface area contributed by atoms with Crippen molar-refractivity contribution in [2.24, 2.45) is 9.50 Å². The second-order valence-electron chi connectivity index (χ2n) is 6.62. The number of hydrazone groups is 1. The summed E-state index contributed by atoms with van der Waals surface area (Å²) >= 11 is 14.0. The molecule has 1 aliphatic rings. The largest absolute Gasteiger partial charge is 0.359 e. The van der Waals surface area contributed by atoms with Crippen molar-refractivity contribution in [1.82, 2.24) is 15.3 Å². The van der Waals surface area contributed by atoms with Gasteiger partial charge in [0.25, 0.3) is 10.0 Å². The highest BCUT2D eigenvalue weighted by atomic mass is 35.5. The fraction of sp³-hybridized carbons (Fsp3) is 0.389. The van der Waals surface area contributed by atoms with E-state index in [1.807, 2.05) is 0 Å². The van der Waals surface area contributed by atoms with Crippen LogP contribution in [0.4, 0.5) is 0 Å². The first-order valence-corrected chi connectivity index (χ1v) is 13.3. The molecule has 0 spiro atoms. The molecule has 0 radical (unpaired) electrons. The average molecular weight is 504 g/mol. The summed E-state index contributed by atoms with van der Waals surface area (Å²) in [4.78, 5) is 0.810. The summed E-state index contributed by atoms with van der Waals surface area (Å²) < 4.78 is 30.8. The maximum atomic E-state index is 12.5. The number of rotatable bonds is 7. The lowest BCUT2D eigenvalue weighted by Crippen LogP contribution is -2.40. The van der Waals surface area contributed by atoms with Crippen molar-refractivity contribution in [2.45, 2.75) is 48.9 Å². The quantitative estimate of drug-likeness (QED) is 0.259. The number of sulfonamides is 1. The Morgan fingerprint density at radius 3 is 2.83 bits per heavy atom. The first-order chi connectivity index (χ1) is 14.4. The first kappa shape index (κ1) is 23.1. The van der Waals surface area contributed by atoms with Gasteiger partial charge in [0.15, 0.2) is 5.11 Å². The van der Waals surface area contributed by atoms with Crippen LogP contribution in [0, 0.1) is 0 Å². The van der Waals surface area contributed by atoms with Crippen molar-refractivity contribution in [1.29, 1.82) is 0 Å². The summed E-state index contributed by atoms with van der Waals surface area (Å²) in [6.45, 7) is 4.02. The minimum absolute atomic E-state index is 0.174. The Kier molecular flexibility index (Phi) is 8.23. The molecule has 162 valence electrons. The third-order valence-corrected chi connectivity index (χ3v) is 8.92. The molecule has 1 fully saturated rings. The standard InChI is InChI=1S/C18H22ClN5O2S4/c1-2-10-24-16(19)14(12-20-22-17(27)21-13-7-4-3-5-8-13)29-18(24)23-30(25,26)15-9-6-11-28-15/h2,6,9,11-13H,1,3-5,7-8,10H2,(H2,21,22,27). The van der Waals surface area contributed by atoms with Crippen molar-refractivity contribution in [3.8, 4) is 0 Å². The Morgan fingerprint density at radius 2 is 2.17 bits per heavy atom. The molecule has 1 saturated carbocycles. The van der Waals surface area contributed by atoms with Crippen LogP contribution >= 0.6 is 46.5 Å². The van der Waals surface area contributed by atoms with Crippen molar-refractivity contribution in [3.63, 3.8) is 0 Å². The Balaban J connectivity index is 1.78. The van der Waals surface area contributed by atoms with E-state index in [0.29, 0.717) is 27.7 Å². The molecule has 0 aromatic carbocycles. The van der Waals surface area contributed by atoms with Crippen LogP contribution in [0.5, 0.6) is 0 Å². The van der Waals surface area contributed by atoms with Crippen LogP contribution in [0.15, 0.2) is 43.9 Å². The highest BCUT2D eigenvalue weighted by Gasteiger charge is 2.17. The van der Waals surface area contributed by atoms with E-state index in [-0.39, 0.29) is 9.01 Å². The third-order valence-electron chi connectivity index (χ3n) is 4.42. The second-order valence-corrected chi connectivity index (χ2v) is 11.2. The number of thiocarbonyl (C=S) groups is 1. The molecule has 12 heteroatoms. The fourth-order valence-corrected chi connectivity index (χ4v) is 6.68. The molecule has 0 atom stereocenters. The van der Waals surface area contributed by atoms with Gasteiger partial charge < -0.3 is 9.88 Å². The molecule has 30 heavy (non-hydrogen) atoms. The number of thiazole rings is 1. The van der Waals surface area contributed by atoms with Gasteiger partial charge >= 0.3 is 0 Å². The molecule has 0 bridgehead atoms. The normalized spacial score (nSPS) is 16.1.